The number of nitrogens with one attached hydrogen (secondary N) is 2. The van der Waals surface area contributed by atoms with Gasteiger partial charge in [0.15, 0.2) is 5.96 Å². The predicted molar refractivity (Wildman–Crippen MR) is 124 cm³/mol. The third kappa shape index (κ3) is 6.10. The maximum Gasteiger partial charge on any atom is 0.193 e. The number of hydrogen-bond acceptors (Lipinski definition) is 2. The van der Waals surface area contributed by atoms with Crippen LogP contribution in [0, 0.1) is 0 Å². The molecule has 2 N–H and O–H groups in total. The van der Waals surface area contributed by atoms with Crippen molar-refractivity contribution in [1.82, 2.24) is 15.2 Å². The van der Waals surface area contributed by atoms with Gasteiger partial charge in [-0.1, -0.05) is 18.2 Å². The zero-order chi connectivity index (χ0) is 18.2. The average Bonchev–Trinajstić information content (AvgIpc) is 3.08. The Kier molecular flexibility index (Phi) is 9.41. The first-order chi connectivity index (χ1) is 12.8. The van der Waals surface area contributed by atoms with Gasteiger partial charge in [-0.3, -0.25) is 4.99 Å². The molecule has 5 nitrogen and oxygen atoms in total. The Balaban J connectivity index is 0.00000261. The van der Waals surface area contributed by atoms with E-state index in [1.807, 2.05) is 0 Å². The molecular weight excluding hydrogens is 451 g/mol. The number of aliphatic imine (C=N–C) groups is 1. The Labute approximate surface area is 180 Å². The molecule has 1 saturated heterocycles. The number of rotatable bonds is 7. The van der Waals surface area contributed by atoms with Crippen molar-refractivity contribution in [3.8, 4) is 0 Å². The standard InChI is InChI=1S/C21H32N4O.HI/c1-3-22-21(25-14-11-18(12-15-25)26-4-2)23-13-7-8-17-16-24-20-10-6-5-9-19(17)20;/h5-6,9-10,16,18,24H,3-4,7-8,11-15H2,1-2H3,(H,22,23);1H. The number of piperidine rings is 1. The number of para-hydroxylation sites is 1. The minimum absolute atomic E-state index is 0. The number of hydrogen-bond donors (Lipinski definition) is 2. The van der Waals surface area contributed by atoms with E-state index in [1.54, 1.807) is 0 Å². The maximum atomic E-state index is 5.76. The van der Waals surface area contributed by atoms with Crippen molar-refractivity contribution >= 4 is 40.8 Å². The number of ether oxygens (including phenoxy) is 1. The summed E-state index contributed by atoms with van der Waals surface area (Å²) in [6.07, 6.45) is 6.85. The second-order valence-corrected chi connectivity index (χ2v) is 6.84. The minimum atomic E-state index is 0. The van der Waals surface area contributed by atoms with Crippen molar-refractivity contribution in [3.05, 3.63) is 36.0 Å². The molecule has 150 valence electrons. The first kappa shape index (κ1) is 22.0. The lowest BCUT2D eigenvalue weighted by molar-refractivity contribution is 0.0264. The fourth-order valence-corrected chi connectivity index (χ4v) is 3.69. The molecule has 1 fully saturated rings. The minimum Gasteiger partial charge on any atom is -0.378 e. The van der Waals surface area contributed by atoms with E-state index >= 15 is 0 Å². The molecule has 0 bridgehead atoms. The Morgan fingerprint density at radius 3 is 2.78 bits per heavy atom. The molecule has 0 amide bonds. The first-order valence-corrected chi connectivity index (χ1v) is 10.0. The number of aryl methyl sites for hydroxylation is 1. The van der Waals surface area contributed by atoms with Crippen LogP contribution in [-0.4, -0.2) is 54.7 Å². The molecule has 1 aromatic heterocycles. The van der Waals surface area contributed by atoms with Crippen molar-refractivity contribution in [2.24, 2.45) is 4.99 Å². The van der Waals surface area contributed by atoms with Gasteiger partial charge in [0.25, 0.3) is 0 Å². The summed E-state index contributed by atoms with van der Waals surface area (Å²) in [5.41, 5.74) is 2.61. The van der Waals surface area contributed by atoms with Gasteiger partial charge in [-0.05, 0) is 51.2 Å². The summed E-state index contributed by atoms with van der Waals surface area (Å²) in [5.74, 6) is 1.06. The molecule has 3 rings (SSSR count). The lowest BCUT2D eigenvalue weighted by Crippen LogP contribution is -2.47. The van der Waals surface area contributed by atoms with E-state index in [4.69, 9.17) is 9.73 Å². The van der Waals surface area contributed by atoms with E-state index in [0.717, 1.165) is 64.4 Å². The quantitative estimate of drug-likeness (QED) is 0.268. The molecule has 1 aliphatic heterocycles. The second-order valence-electron chi connectivity index (χ2n) is 6.84. The highest BCUT2D eigenvalue weighted by atomic mass is 127. The van der Waals surface area contributed by atoms with Gasteiger partial charge in [0.05, 0.1) is 6.10 Å². The van der Waals surface area contributed by atoms with Gasteiger partial charge in [-0.2, -0.15) is 0 Å². The van der Waals surface area contributed by atoms with Gasteiger partial charge in [-0.15, -0.1) is 24.0 Å². The average molecular weight is 484 g/mol. The van der Waals surface area contributed by atoms with Gasteiger partial charge in [0, 0.05) is 49.9 Å². The fourth-order valence-electron chi connectivity index (χ4n) is 3.69. The number of guanidine groups is 1. The van der Waals surface area contributed by atoms with Gasteiger partial charge in [0.2, 0.25) is 0 Å². The molecule has 1 aromatic carbocycles. The molecule has 0 saturated carbocycles. The van der Waals surface area contributed by atoms with E-state index in [9.17, 15) is 0 Å². The van der Waals surface area contributed by atoms with Crippen molar-refractivity contribution in [3.63, 3.8) is 0 Å². The molecule has 0 unspecified atom stereocenters. The highest BCUT2D eigenvalue weighted by molar-refractivity contribution is 14.0. The Morgan fingerprint density at radius 2 is 2.04 bits per heavy atom. The van der Waals surface area contributed by atoms with Crippen molar-refractivity contribution in [1.29, 1.82) is 0 Å². The maximum absolute atomic E-state index is 5.76. The number of H-pyrrole nitrogens is 1. The molecule has 0 atom stereocenters. The van der Waals surface area contributed by atoms with E-state index in [2.05, 4.69) is 59.5 Å². The van der Waals surface area contributed by atoms with Crippen LogP contribution >= 0.6 is 24.0 Å². The monoisotopic (exact) mass is 484 g/mol. The third-order valence-electron chi connectivity index (χ3n) is 5.02. The summed E-state index contributed by atoms with van der Waals surface area (Å²) in [7, 11) is 0. The molecule has 2 heterocycles. The van der Waals surface area contributed by atoms with Crippen LogP contribution < -0.4 is 5.32 Å². The van der Waals surface area contributed by atoms with Gasteiger partial charge in [0.1, 0.15) is 0 Å². The van der Waals surface area contributed by atoms with Crippen LogP contribution in [0.2, 0.25) is 0 Å². The smallest absolute Gasteiger partial charge is 0.193 e. The number of halogens is 1. The van der Waals surface area contributed by atoms with Crippen LogP contribution in [0.15, 0.2) is 35.5 Å². The fraction of sp³-hybridized carbons (Fsp3) is 0.571. The number of aromatic nitrogens is 1. The lowest BCUT2D eigenvalue weighted by atomic mass is 10.1. The van der Waals surface area contributed by atoms with Crippen molar-refractivity contribution in [2.45, 2.75) is 45.6 Å². The molecule has 27 heavy (non-hydrogen) atoms. The van der Waals surface area contributed by atoms with Crippen LogP contribution in [0.5, 0.6) is 0 Å². The Bertz CT molecular complexity index is 707. The predicted octanol–water partition coefficient (Wildman–Crippen LogP) is 4.18. The molecule has 0 radical (unpaired) electrons. The van der Waals surface area contributed by atoms with E-state index in [1.165, 1.54) is 16.5 Å². The summed E-state index contributed by atoms with van der Waals surface area (Å²) in [5, 5.41) is 4.79. The largest absolute Gasteiger partial charge is 0.378 e. The Hall–Kier alpha value is -1.28. The zero-order valence-electron chi connectivity index (χ0n) is 16.5. The van der Waals surface area contributed by atoms with Crippen LogP contribution in [0.1, 0.15) is 38.7 Å². The number of benzene rings is 1. The van der Waals surface area contributed by atoms with Crippen LogP contribution in [0.3, 0.4) is 0 Å². The summed E-state index contributed by atoms with van der Waals surface area (Å²) in [6, 6.07) is 8.50. The van der Waals surface area contributed by atoms with Crippen molar-refractivity contribution < 1.29 is 4.74 Å². The number of aromatic amines is 1. The van der Waals surface area contributed by atoms with Crippen LogP contribution in [-0.2, 0) is 11.2 Å². The summed E-state index contributed by atoms with van der Waals surface area (Å²) in [4.78, 5) is 10.6. The number of fused-ring (bicyclic) bond motifs is 1. The second kappa shape index (κ2) is 11.5. The van der Waals surface area contributed by atoms with Gasteiger partial charge >= 0.3 is 0 Å². The highest BCUT2D eigenvalue weighted by Crippen LogP contribution is 2.19. The van der Waals surface area contributed by atoms with E-state index in [-0.39, 0.29) is 24.0 Å². The molecule has 0 aliphatic carbocycles. The first-order valence-electron chi connectivity index (χ1n) is 10.0. The zero-order valence-corrected chi connectivity index (χ0v) is 18.9. The summed E-state index contributed by atoms with van der Waals surface area (Å²) in [6.45, 7) is 8.84. The van der Waals surface area contributed by atoms with E-state index < -0.39 is 0 Å². The number of nitrogens with zero attached hydrogens (tertiary/aromatic N) is 2. The SMILES string of the molecule is CCNC(=NCCCc1c[nH]c2ccccc12)N1CCC(OCC)CC1.I. The highest BCUT2D eigenvalue weighted by Gasteiger charge is 2.21. The van der Waals surface area contributed by atoms with Crippen molar-refractivity contribution in [2.75, 3.05) is 32.8 Å². The molecule has 1 aliphatic rings. The number of likely N-dealkylation sites (tertiary alicyclic amines) is 1. The molecule has 2 aromatic rings. The molecule has 6 heteroatoms. The lowest BCUT2D eigenvalue weighted by Gasteiger charge is -2.34. The van der Waals surface area contributed by atoms with Crippen LogP contribution in [0.4, 0.5) is 0 Å². The topological polar surface area (TPSA) is 52.7 Å². The normalized spacial score (nSPS) is 15.8. The Morgan fingerprint density at radius 1 is 1.26 bits per heavy atom. The van der Waals surface area contributed by atoms with E-state index in [0.29, 0.717) is 6.10 Å². The molecule has 0 spiro atoms. The van der Waals surface area contributed by atoms with Gasteiger partial charge < -0.3 is 19.9 Å². The molecular formula is C21H33IN4O. The summed E-state index contributed by atoms with van der Waals surface area (Å²) >= 11 is 0. The summed E-state index contributed by atoms with van der Waals surface area (Å²) < 4.78 is 5.76. The van der Waals surface area contributed by atoms with Crippen LogP contribution in [0.25, 0.3) is 10.9 Å². The third-order valence-corrected chi connectivity index (χ3v) is 5.02. The van der Waals surface area contributed by atoms with Gasteiger partial charge in [-0.25, -0.2) is 0 Å².